The van der Waals surface area contributed by atoms with E-state index in [2.05, 4.69) is 31.3 Å². The Morgan fingerprint density at radius 3 is 1.26 bits per heavy atom. The number of phenols is 1. The number of rotatable bonds is 44. The molecule has 6 rings (SSSR count). The van der Waals surface area contributed by atoms with Gasteiger partial charge in [-0.1, -0.05) is 165 Å². The van der Waals surface area contributed by atoms with Crippen molar-refractivity contribution >= 4 is 81.6 Å². The van der Waals surface area contributed by atoms with Crippen molar-refractivity contribution in [2.75, 3.05) is 40.6 Å². The summed E-state index contributed by atoms with van der Waals surface area (Å²) in [7, 11) is 3.96. The van der Waals surface area contributed by atoms with Crippen LogP contribution in [0.2, 0.25) is 0 Å². The zero-order valence-corrected chi connectivity index (χ0v) is 70.7. The van der Waals surface area contributed by atoms with Gasteiger partial charge < -0.3 is 35.0 Å². The lowest BCUT2D eigenvalue weighted by molar-refractivity contribution is -0.161. The Hall–Kier alpha value is -7.56. The van der Waals surface area contributed by atoms with Gasteiger partial charge in [0.15, 0.2) is 25.0 Å². The summed E-state index contributed by atoms with van der Waals surface area (Å²) >= 11 is 2.75. The molecule has 2 aromatic carbocycles. The van der Waals surface area contributed by atoms with Crippen LogP contribution in [0.3, 0.4) is 0 Å². The number of phenolic OH excluding ortho intramolecular Hbond substituents is 1. The van der Waals surface area contributed by atoms with Crippen molar-refractivity contribution in [2.45, 2.75) is 273 Å². The number of thiazole rings is 2. The smallest absolute Gasteiger partial charge is 0.307 e. The monoisotopic (exact) mass is 1580 g/mol. The first-order valence-corrected chi connectivity index (χ1v) is 42.3. The fourth-order valence-electron chi connectivity index (χ4n) is 15.0. The van der Waals surface area contributed by atoms with E-state index in [4.69, 9.17) is 31.1 Å². The summed E-state index contributed by atoms with van der Waals surface area (Å²) in [6.45, 7) is 29.0. The second-order valence-electron chi connectivity index (χ2n) is 31.9. The number of nitrogens with one attached hydrogen (secondary N) is 4. The Morgan fingerprint density at radius 1 is 0.541 bits per heavy atom. The number of aromatic nitrogens is 2. The minimum absolute atomic E-state index is 0.0109. The fraction of sp³-hybridized carbons (Fsp3) is 0.667. The number of nitrogens with zero attached hydrogens (tertiary/aromatic N) is 6. The van der Waals surface area contributed by atoms with E-state index in [1.165, 1.54) is 22.7 Å². The second-order valence-corrected chi connectivity index (χ2v) is 33.7. The number of esters is 2. The maximum atomic E-state index is 14.7. The summed E-state index contributed by atoms with van der Waals surface area (Å²) < 4.78 is 11.4. The van der Waals surface area contributed by atoms with Gasteiger partial charge in [0, 0.05) is 96.1 Å². The van der Waals surface area contributed by atoms with Crippen LogP contribution in [0, 0.1) is 47.3 Å². The number of Topliss-reactive ketones (excluding diaryl/α,β-unsaturated/α-hetero) is 2. The number of hydrogen-bond donors (Lipinski definition) is 7. The molecule has 2 aromatic heterocycles. The molecular formula is C84H132N12O13S2. The van der Waals surface area contributed by atoms with Crippen molar-refractivity contribution in [3.05, 3.63) is 97.9 Å². The number of amides is 6. The van der Waals surface area contributed by atoms with E-state index in [1.807, 2.05) is 128 Å². The van der Waals surface area contributed by atoms with Crippen LogP contribution in [0.1, 0.15) is 266 Å². The summed E-state index contributed by atoms with van der Waals surface area (Å²) in [6, 6.07) is 14.6. The van der Waals surface area contributed by atoms with Crippen LogP contribution < -0.4 is 33.2 Å². The predicted octanol–water partition coefficient (Wildman–Crippen LogP) is 12.2. The number of likely N-dealkylation sites (tertiary alicyclic amines) is 2. The van der Waals surface area contributed by atoms with Crippen molar-refractivity contribution in [1.29, 1.82) is 0 Å². The van der Waals surface area contributed by atoms with Crippen LogP contribution in [-0.2, 0) is 60.7 Å². The lowest BCUT2D eigenvalue weighted by Crippen LogP contribution is -2.50. The second kappa shape index (κ2) is 47.8. The predicted molar refractivity (Wildman–Crippen MR) is 435 cm³/mol. The minimum atomic E-state index is -0.562. The molecule has 6 amide bonds. The van der Waals surface area contributed by atoms with Gasteiger partial charge in [-0.25, -0.2) is 21.7 Å². The van der Waals surface area contributed by atoms with E-state index in [9.17, 15) is 53.1 Å². The zero-order valence-electron chi connectivity index (χ0n) is 69.1. The van der Waals surface area contributed by atoms with Crippen LogP contribution in [0.5, 0.6) is 5.75 Å². The molecule has 2 fully saturated rings. The largest absolute Gasteiger partial charge is 0.508 e. The quantitative estimate of drug-likeness (QED) is 0.00711. The maximum absolute atomic E-state index is 14.7. The summed E-state index contributed by atoms with van der Waals surface area (Å²) in [6.07, 6.45) is 11.8. The molecule has 2 unspecified atom stereocenters. The number of likely N-dealkylation sites (N-methyl/N-ethyl adjacent to an activating group) is 2. The highest BCUT2D eigenvalue weighted by atomic mass is 32.1. The Kier molecular flexibility index (Phi) is 40.5. The highest BCUT2D eigenvalue weighted by Gasteiger charge is 2.42. The molecule has 0 saturated carbocycles. The fourth-order valence-corrected chi connectivity index (χ4v) is 16.7. The Labute approximate surface area is 668 Å². The normalized spacial score (nSPS) is 18.0. The number of hydrazine groups is 2. The van der Waals surface area contributed by atoms with Crippen molar-refractivity contribution in [3.8, 4) is 5.75 Å². The highest BCUT2D eigenvalue weighted by molar-refractivity contribution is 7.10. The SMILES string of the molecule is CCCC(=O)OCN(C(=O)[C@@H](CC(=O)[C@H]1CCCCN1C)C(C)CC)[C@H](C[C@@H](C)c1nc(C(=O)N[C@@H](Cc2ccc(O)cc2)C[C@H](C)C(=O)NN)cs1)C(C)C.CCCC(=O)OCN(C(=O)[C@@H](CC(=O)[C@H]1CCCCN1C)C(C)CC)[C@H](C[C@@H](C)c1nc(C(=O)N[C@@H](Cc2ccccc2)C[C@H](C)C(=O)NN)cs1)C(C)C. The molecule has 4 aromatic rings. The molecule has 4 heterocycles. The number of piperidine rings is 2. The third-order valence-electron chi connectivity index (χ3n) is 22.4. The Bertz CT molecular complexity index is 3580. The molecule has 0 bridgehead atoms. The molecule has 2 aliphatic rings. The van der Waals surface area contributed by atoms with Gasteiger partial charge in [-0.3, -0.25) is 68.6 Å². The first-order chi connectivity index (χ1) is 52.8. The molecule has 9 N–H and O–H groups in total. The van der Waals surface area contributed by atoms with Gasteiger partial charge in [0.05, 0.1) is 22.1 Å². The first-order valence-electron chi connectivity index (χ1n) is 40.5. The summed E-state index contributed by atoms with van der Waals surface area (Å²) in [5.41, 5.74) is 6.81. The van der Waals surface area contributed by atoms with Crippen LogP contribution in [0.15, 0.2) is 65.4 Å². The summed E-state index contributed by atoms with van der Waals surface area (Å²) in [4.78, 5) is 151. The first kappa shape index (κ1) is 94.0. The van der Waals surface area contributed by atoms with Crippen molar-refractivity contribution in [1.82, 2.24) is 51.1 Å². The van der Waals surface area contributed by atoms with Crippen molar-refractivity contribution in [3.63, 3.8) is 0 Å². The van der Waals surface area contributed by atoms with Crippen molar-refractivity contribution < 1.29 is 62.5 Å². The van der Waals surface area contributed by atoms with Gasteiger partial charge in [-0.05, 0) is 151 Å². The van der Waals surface area contributed by atoms with E-state index < -0.39 is 29.7 Å². The number of hydrogen-bond acceptors (Lipinski definition) is 21. The van der Waals surface area contributed by atoms with Crippen LogP contribution in [0.25, 0.3) is 0 Å². The maximum Gasteiger partial charge on any atom is 0.307 e. The average molecular weight is 1580 g/mol. The summed E-state index contributed by atoms with van der Waals surface area (Å²) in [5.74, 6) is 6.14. The van der Waals surface area contributed by atoms with E-state index in [0.717, 1.165) is 85.6 Å². The van der Waals surface area contributed by atoms with Crippen LogP contribution in [-0.4, -0.2) is 171 Å². The Morgan fingerprint density at radius 2 is 0.919 bits per heavy atom. The molecule has 14 atom stereocenters. The molecule has 2 saturated heterocycles. The number of carbonyl (C=O) groups excluding carboxylic acids is 10. The molecule has 27 heteroatoms. The summed E-state index contributed by atoms with van der Waals surface area (Å²) in [5, 5.41) is 20.8. The third-order valence-corrected chi connectivity index (χ3v) is 24.5. The number of ketones is 2. The molecule has 0 aliphatic carbocycles. The van der Waals surface area contributed by atoms with Gasteiger partial charge in [0.1, 0.15) is 17.1 Å². The minimum Gasteiger partial charge on any atom is -0.508 e. The van der Waals surface area contributed by atoms with E-state index in [-0.39, 0.29) is 181 Å². The van der Waals surface area contributed by atoms with Gasteiger partial charge >= 0.3 is 11.9 Å². The van der Waals surface area contributed by atoms with Gasteiger partial charge in [-0.15, -0.1) is 22.7 Å². The lowest BCUT2D eigenvalue weighted by atomic mass is 9.82. The highest BCUT2D eigenvalue weighted by Crippen LogP contribution is 2.36. The number of carbonyl (C=O) groups is 10. The molecule has 618 valence electrons. The van der Waals surface area contributed by atoms with E-state index >= 15 is 0 Å². The Balaban J connectivity index is 0.000000397. The topological polar surface area (TPSA) is 348 Å². The third kappa shape index (κ3) is 29.7. The lowest BCUT2D eigenvalue weighted by Gasteiger charge is -2.39. The number of nitrogens with two attached hydrogens (primary N) is 2. The average Bonchev–Trinajstić information content (AvgIpc) is 1.62. The number of benzene rings is 2. The van der Waals surface area contributed by atoms with Gasteiger partial charge in [0.25, 0.3) is 11.8 Å². The van der Waals surface area contributed by atoms with E-state index in [0.29, 0.717) is 51.4 Å². The van der Waals surface area contributed by atoms with Crippen LogP contribution in [0.4, 0.5) is 0 Å². The zero-order chi connectivity index (χ0) is 82.2. The molecule has 0 spiro atoms. The van der Waals surface area contributed by atoms with Gasteiger partial charge in [-0.2, -0.15) is 0 Å². The number of ether oxygens (including phenoxy) is 2. The van der Waals surface area contributed by atoms with Crippen molar-refractivity contribution in [2.24, 2.45) is 59.0 Å². The number of aromatic hydroxyl groups is 1. The van der Waals surface area contributed by atoms with E-state index in [1.54, 1.807) is 58.7 Å². The molecular weight excluding hydrogens is 1450 g/mol. The van der Waals surface area contributed by atoms with Crippen LogP contribution >= 0.6 is 22.7 Å². The molecule has 0 radical (unpaired) electrons. The molecule has 2 aliphatic heterocycles. The standard InChI is InChI=1S/C42H66N6O7S.C42H66N6O6S/c1-9-13-38(51)55-25-48(42(54)33(27(5)10-2)23-37(50)35-14-11-12-19-47(35)8)36(26(3)4)21-29(7)41-45-34(24-56-41)40(53)44-31(20-28(6)39(52)46-43)22-30-15-17-32(49)18-16-30;1-9-16-38(50)54-26-48(42(53)33(28(5)10-2)24-37(49)35-19-14-15-20-47(35)8)36(27(3)4)22-30(7)41-45-34(25-55-41)40(52)44-32(21-29(6)39(51)46-43)23-31-17-12-11-13-18-31/h15-18,24,26-29,31,33,35-36,49H,9-14,19-23,25,43H2,1-8H3,(H,44,53)(H,46,52);11-13,17-18,25,27-30,32-33,35-36H,9-10,14-16,19-24,26,43H2,1-8H3,(H,44,52)(H,46,51)/t27?,28-,29+,31+,33-,35+,36+;28?,29-,30+,32+,33-,35+,36+/m00/s1. The molecule has 25 nitrogen and oxygen atoms in total. The molecule has 111 heavy (non-hydrogen) atoms. The van der Waals surface area contributed by atoms with Gasteiger partial charge in [0.2, 0.25) is 23.6 Å².